The molecule has 0 saturated carbocycles. The van der Waals surface area contributed by atoms with Gasteiger partial charge in [-0.1, -0.05) is 36.4 Å². The summed E-state index contributed by atoms with van der Waals surface area (Å²) in [7, 11) is 3.72. The van der Waals surface area contributed by atoms with Crippen LogP contribution in [0.1, 0.15) is 22.7 Å². The monoisotopic (exact) mass is 301 g/mol. The average molecular weight is 301 g/mol. The van der Waals surface area contributed by atoms with Gasteiger partial charge >= 0.3 is 0 Å². The highest BCUT2D eigenvalue weighted by molar-refractivity contribution is 7.98. The minimum absolute atomic E-state index is 0.342. The second-order valence-electron chi connectivity index (χ2n) is 5.06. The van der Waals surface area contributed by atoms with Gasteiger partial charge in [0.05, 0.1) is 7.11 Å². The Kier molecular flexibility index (Phi) is 6.15. The topological polar surface area (TPSA) is 21.3 Å². The molecular weight excluding hydrogens is 278 g/mol. The highest BCUT2D eigenvalue weighted by Gasteiger charge is 2.10. The maximum atomic E-state index is 5.30. The van der Waals surface area contributed by atoms with Crippen LogP contribution in [0.2, 0.25) is 0 Å². The number of hydrogen-bond acceptors (Lipinski definition) is 3. The third-order valence-corrected chi connectivity index (χ3v) is 4.73. The summed E-state index contributed by atoms with van der Waals surface area (Å²) in [6.07, 6.45) is 0. The lowest BCUT2D eigenvalue weighted by molar-refractivity contribution is 0.413. The van der Waals surface area contributed by atoms with Crippen LogP contribution in [0.15, 0.2) is 48.5 Å². The molecule has 0 spiro atoms. The normalized spacial score (nSPS) is 12.1. The van der Waals surface area contributed by atoms with Gasteiger partial charge in [0.1, 0.15) is 5.75 Å². The highest BCUT2D eigenvalue weighted by atomic mass is 32.2. The van der Waals surface area contributed by atoms with Crippen molar-refractivity contribution in [2.24, 2.45) is 0 Å². The van der Waals surface area contributed by atoms with E-state index in [4.69, 9.17) is 4.74 Å². The van der Waals surface area contributed by atoms with E-state index < -0.39 is 0 Å². The molecule has 0 heterocycles. The van der Waals surface area contributed by atoms with Crippen molar-refractivity contribution in [1.82, 2.24) is 5.32 Å². The molecule has 0 aromatic heterocycles. The molecule has 1 unspecified atom stereocenters. The summed E-state index contributed by atoms with van der Waals surface area (Å²) in [6, 6.07) is 17.2. The van der Waals surface area contributed by atoms with Crippen LogP contribution in [-0.4, -0.2) is 19.9 Å². The average Bonchev–Trinajstić information content (AvgIpc) is 2.53. The van der Waals surface area contributed by atoms with E-state index in [-0.39, 0.29) is 0 Å². The van der Waals surface area contributed by atoms with Gasteiger partial charge in [-0.2, -0.15) is 11.8 Å². The van der Waals surface area contributed by atoms with Crippen LogP contribution in [-0.2, 0) is 5.75 Å². The van der Waals surface area contributed by atoms with Crippen molar-refractivity contribution in [2.45, 2.75) is 18.7 Å². The van der Waals surface area contributed by atoms with Crippen molar-refractivity contribution in [1.29, 1.82) is 0 Å². The number of hydrogen-bond donors (Lipinski definition) is 1. The molecule has 2 aromatic rings. The van der Waals surface area contributed by atoms with Crippen LogP contribution in [0, 0.1) is 6.92 Å². The Hall–Kier alpha value is -1.45. The number of benzene rings is 2. The van der Waals surface area contributed by atoms with E-state index in [2.05, 4.69) is 48.6 Å². The predicted molar refractivity (Wildman–Crippen MR) is 92.1 cm³/mol. The maximum Gasteiger partial charge on any atom is 0.119 e. The molecule has 3 heteroatoms. The van der Waals surface area contributed by atoms with Gasteiger partial charge in [0.15, 0.2) is 0 Å². The fraction of sp³-hybridized carbons (Fsp3) is 0.333. The molecule has 0 radical (unpaired) electrons. The standard InChI is InChI=1S/C18H23NOS/c1-14-7-4-5-8-16(14)12-21-13-18(19-2)15-9-6-10-17(11-15)20-3/h4-11,18-19H,12-13H2,1-3H3. The summed E-state index contributed by atoms with van der Waals surface area (Å²) in [6.45, 7) is 2.17. The molecule has 0 aliphatic carbocycles. The quantitative estimate of drug-likeness (QED) is 0.828. The minimum Gasteiger partial charge on any atom is -0.497 e. The highest BCUT2D eigenvalue weighted by Crippen LogP contribution is 2.24. The summed E-state index contributed by atoms with van der Waals surface area (Å²) >= 11 is 1.96. The minimum atomic E-state index is 0.342. The van der Waals surface area contributed by atoms with E-state index in [0.29, 0.717) is 6.04 Å². The smallest absolute Gasteiger partial charge is 0.119 e. The zero-order valence-electron chi connectivity index (χ0n) is 12.9. The Labute approximate surface area is 131 Å². The molecular formula is C18H23NOS. The van der Waals surface area contributed by atoms with Gasteiger partial charge in [-0.3, -0.25) is 0 Å². The van der Waals surface area contributed by atoms with Crippen molar-refractivity contribution in [3.8, 4) is 5.75 Å². The SMILES string of the molecule is CNC(CSCc1ccccc1C)c1cccc(OC)c1. The van der Waals surface area contributed by atoms with Crippen LogP contribution < -0.4 is 10.1 Å². The number of thioether (sulfide) groups is 1. The van der Waals surface area contributed by atoms with E-state index in [1.54, 1.807) is 7.11 Å². The number of nitrogens with one attached hydrogen (secondary N) is 1. The van der Waals surface area contributed by atoms with E-state index in [1.807, 2.05) is 30.9 Å². The van der Waals surface area contributed by atoms with Crippen LogP contribution in [0.5, 0.6) is 5.75 Å². The predicted octanol–water partition coefficient (Wildman–Crippen LogP) is 4.20. The van der Waals surface area contributed by atoms with E-state index >= 15 is 0 Å². The summed E-state index contributed by atoms with van der Waals surface area (Å²) < 4.78 is 5.30. The fourth-order valence-corrected chi connectivity index (χ4v) is 3.52. The maximum absolute atomic E-state index is 5.30. The first-order valence-corrected chi connectivity index (χ1v) is 8.33. The first-order chi connectivity index (χ1) is 10.2. The lowest BCUT2D eigenvalue weighted by Crippen LogP contribution is -2.18. The van der Waals surface area contributed by atoms with Gasteiger partial charge < -0.3 is 10.1 Å². The summed E-state index contributed by atoms with van der Waals surface area (Å²) in [5, 5.41) is 3.39. The van der Waals surface area contributed by atoms with Gasteiger partial charge in [-0.15, -0.1) is 0 Å². The second-order valence-corrected chi connectivity index (χ2v) is 6.09. The van der Waals surface area contributed by atoms with Crippen molar-refractivity contribution >= 4 is 11.8 Å². The van der Waals surface area contributed by atoms with E-state index in [1.165, 1.54) is 16.7 Å². The third-order valence-electron chi connectivity index (χ3n) is 3.65. The molecule has 0 saturated heterocycles. The summed E-state index contributed by atoms with van der Waals surface area (Å²) in [4.78, 5) is 0. The molecule has 0 bridgehead atoms. The number of rotatable bonds is 7. The summed E-state index contributed by atoms with van der Waals surface area (Å²) in [5.74, 6) is 3.00. The molecule has 2 rings (SSSR count). The van der Waals surface area contributed by atoms with Crippen LogP contribution in [0.25, 0.3) is 0 Å². The van der Waals surface area contributed by atoms with Crippen LogP contribution in [0.4, 0.5) is 0 Å². The Morgan fingerprint density at radius 3 is 2.67 bits per heavy atom. The lowest BCUT2D eigenvalue weighted by Gasteiger charge is -2.17. The lowest BCUT2D eigenvalue weighted by atomic mass is 10.1. The molecule has 1 N–H and O–H groups in total. The molecule has 0 aliphatic rings. The van der Waals surface area contributed by atoms with Crippen LogP contribution in [0.3, 0.4) is 0 Å². The van der Waals surface area contributed by atoms with Gasteiger partial charge in [0, 0.05) is 17.5 Å². The Morgan fingerprint density at radius 2 is 1.95 bits per heavy atom. The third kappa shape index (κ3) is 4.51. The fourth-order valence-electron chi connectivity index (χ4n) is 2.26. The second kappa shape index (κ2) is 8.11. The summed E-state index contributed by atoms with van der Waals surface area (Å²) in [5.41, 5.74) is 4.06. The van der Waals surface area contributed by atoms with Crippen molar-refractivity contribution in [3.05, 3.63) is 65.2 Å². The Balaban J connectivity index is 1.95. The van der Waals surface area contributed by atoms with Gasteiger partial charge in [-0.25, -0.2) is 0 Å². The Morgan fingerprint density at radius 1 is 1.14 bits per heavy atom. The molecule has 2 aromatic carbocycles. The van der Waals surface area contributed by atoms with Crippen molar-refractivity contribution < 1.29 is 4.74 Å². The van der Waals surface area contributed by atoms with Gasteiger partial charge in [-0.05, 0) is 42.8 Å². The largest absolute Gasteiger partial charge is 0.497 e. The van der Waals surface area contributed by atoms with E-state index in [9.17, 15) is 0 Å². The molecule has 112 valence electrons. The van der Waals surface area contributed by atoms with Gasteiger partial charge in [0.25, 0.3) is 0 Å². The molecule has 0 aliphatic heterocycles. The Bertz CT molecular complexity index is 571. The zero-order chi connectivity index (χ0) is 15.1. The first kappa shape index (κ1) is 15.9. The molecule has 21 heavy (non-hydrogen) atoms. The zero-order valence-corrected chi connectivity index (χ0v) is 13.7. The molecule has 0 fully saturated rings. The van der Waals surface area contributed by atoms with Crippen molar-refractivity contribution in [2.75, 3.05) is 19.9 Å². The van der Waals surface area contributed by atoms with Crippen molar-refractivity contribution in [3.63, 3.8) is 0 Å². The van der Waals surface area contributed by atoms with E-state index in [0.717, 1.165) is 17.3 Å². The van der Waals surface area contributed by atoms with Gasteiger partial charge in [0.2, 0.25) is 0 Å². The first-order valence-electron chi connectivity index (χ1n) is 7.18. The molecule has 0 amide bonds. The molecule has 1 atom stereocenters. The number of aryl methyl sites for hydroxylation is 1. The van der Waals surface area contributed by atoms with Crippen LogP contribution >= 0.6 is 11.8 Å². The molecule has 2 nitrogen and oxygen atoms in total. The number of methoxy groups -OCH3 is 1. The number of ether oxygens (including phenoxy) is 1.